The Balaban J connectivity index is 3.95. The lowest BCUT2D eigenvalue weighted by molar-refractivity contribution is -0.393. The second-order valence-corrected chi connectivity index (χ2v) is 8.49. The molecule has 0 aromatic heterocycles. The Kier molecular flexibility index (Phi) is 7.49. The summed E-state index contributed by atoms with van der Waals surface area (Å²) in [7, 11) is -2.78. The van der Waals surface area contributed by atoms with Crippen molar-refractivity contribution in [2.75, 3.05) is 19.1 Å². The molecule has 1 aromatic rings. The van der Waals surface area contributed by atoms with Crippen LogP contribution >= 0.6 is 0 Å². The second kappa shape index (κ2) is 9.03. The van der Waals surface area contributed by atoms with Crippen molar-refractivity contribution in [1.82, 2.24) is 4.31 Å². The Labute approximate surface area is 168 Å². The third-order valence-corrected chi connectivity index (χ3v) is 6.11. The van der Waals surface area contributed by atoms with Gasteiger partial charge in [-0.25, -0.2) is 17.5 Å². The summed E-state index contributed by atoms with van der Waals surface area (Å²) in [5, 5.41) is 23.5. The Morgan fingerprint density at radius 1 is 1.14 bits per heavy atom. The number of methoxy groups -OCH3 is 1. The van der Waals surface area contributed by atoms with Crippen LogP contribution in [0.3, 0.4) is 0 Å². The number of hydrogen-bond donors (Lipinski definition) is 0. The van der Waals surface area contributed by atoms with Gasteiger partial charge in [0, 0.05) is 31.3 Å². The van der Waals surface area contributed by atoms with Gasteiger partial charge in [-0.2, -0.15) is 0 Å². The highest BCUT2D eigenvalue weighted by Gasteiger charge is 2.38. The molecule has 1 unspecified atom stereocenters. The van der Waals surface area contributed by atoms with Crippen LogP contribution in [-0.2, 0) is 14.8 Å². The fourth-order valence-electron chi connectivity index (χ4n) is 2.84. The number of benzene rings is 1. The normalized spacial score (nSPS) is 12.4. The molecule has 0 aliphatic heterocycles. The van der Waals surface area contributed by atoms with E-state index in [2.05, 4.69) is 4.74 Å². The molecule has 1 atom stereocenters. The van der Waals surface area contributed by atoms with Crippen LogP contribution in [0.2, 0.25) is 0 Å². The van der Waals surface area contributed by atoms with Gasteiger partial charge in [-0.1, -0.05) is 6.92 Å². The van der Waals surface area contributed by atoms with E-state index >= 15 is 0 Å². The summed E-state index contributed by atoms with van der Waals surface area (Å²) in [5.41, 5.74) is -1.78. The van der Waals surface area contributed by atoms with E-state index in [0.29, 0.717) is 6.42 Å². The van der Waals surface area contributed by atoms with E-state index in [1.807, 2.05) is 6.92 Å². The van der Waals surface area contributed by atoms with Gasteiger partial charge in [-0.05, 0) is 27.2 Å². The summed E-state index contributed by atoms with van der Waals surface area (Å²) in [6, 6.07) is 0.791. The summed E-state index contributed by atoms with van der Waals surface area (Å²) in [6.07, 6.45) is -0.708. The number of anilines is 1. The van der Waals surface area contributed by atoms with Crippen LogP contribution in [0, 0.1) is 20.2 Å². The number of nitro groups is 2. The fraction of sp³-hybridized carbons (Fsp3) is 0.562. The van der Waals surface area contributed by atoms with Crippen LogP contribution in [0.5, 0.6) is 0 Å². The van der Waals surface area contributed by atoms with E-state index in [1.165, 1.54) is 4.90 Å². The first-order valence-electron chi connectivity index (χ1n) is 8.63. The molecule has 1 rings (SSSR count). The van der Waals surface area contributed by atoms with Crippen molar-refractivity contribution in [3.63, 3.8) is 0 Å². The molecule has 0 bridgehead atoms. The summed E-state index contributed by atoms with van der Waals surface area (Å²) < 4.78 is 29.9. The van der Waals surface area contributed by atoms with Gasteiger partial charge in [0.05, 0.1) is 17.0 Å². The first kappa shape index (κ1) is 24.1. The van der Waals surface area contributed by atoms with Gasteiger partial charge in [0.15, 0.2) is 5.69 Å². The molecule has 0 saturated heterocycles. The van der Waals surface area contributed by atoms with Gasteiger partial charge in [0.25, 0.3) is 10.0 Å². The monoisotopic (exact) mass is 432 g/mol. The first-order valence-corrected chi connectivity index (χ1v) is 10.1. The number of carbonyl (C=O) groups is 1. The molecule has 0 spiro atoms. The molecule has 0 radical (unpaired) electrons. The largest absolute Gasteiger partial charge is 0.452 e. The van der Waals surface area contributed by atoms with E-state index in [4.69, 9.17) is 0 Å². The highest BCUT2D eigenvalue weighted by molar-refractivity contribution is 7.89. The van der Waals surface area contributed by atoms with Crippen LogP contribution in [0.4, 0.5) is 21.9 Å². The molecule has 0 heterocycles. The molecule has 162 valence electrons. The van der Waals surface area contributed by atoms with Crippen molar-refractivity contribution in [3.05, 3.63) is 32.4 Å². The van der Waals surface area contributed by atoms with Crippen molar-refractivity contribution in [3.8, 4) is 0 Å². The van der Waals surface area contributed by atoms with Crippen LogP contribution in [0.25, 0.3) is 0 Å². The molecule has 29 heavy (non-hydrogen) atoms. The lowest BCUT2D eigenvalue weighted by Crippen LogP contribution is -2.39. The van der Waals surface area contributed by atoms with Gasteiger partial charge in [-0.15, -0.1) is 0 Å². The lowest BCUT2D eigenvalue weighted by Gasteiger charge is -2.33. The summed E-state index contributed by atoms with van der Waals surface area (Å²) in [5.74, 6) is 0. The number of ether oxygens (including phenoxy) is 1. The molecule has 12 nitrogen and oxygen atoms in total. The maximum absolute atomic E-state index is 12.7. The minimum absolute atomic E-state index is 0.213. The predicted octanol–water partition coefficient (Wildman–Crippen LogP) is 2.90. The Morgan fingerprint density at radius 3 is 1.90 bits per heavy atom. The number of nitrogens with zero attached hydrogens (tertiary/aromatic N) is 4. The third-order valence-electron chi connectivity index (χ3n) is 4.41. The van der Waals surface area contributed by atoms with Crippen molar-refractivity contribution in [2.24, 2.45) is 0 Å². The zero-order valence-electron chi connectivity index (χ0n) is 17.0. The van der Waals surface area contributed by atoms with Crippen molar-refractivity contribution in [2.45, 2.75) is 51.1 Å². The number of hydrogen-bond acceptors (Lipinski definition) is 9. The molecule has 1 aromatic carbocycles. The van der Waals surface area contributed by atoms with E-state index < -0.39 is 42.2 Å². The summed E-state index contributed by atoms with van der Waals surface area (Å²) in [6.45, 7) is 7.01. The summed E-state index contributed by atoms with van der Waals surface area (Å²) >= 11 is 0. The quantitative estimate of drug-likeness (QED) is 0.445. The van der Waals surface area contributed by atoms with E-state index in [9.17, 15) is 33.4 Å². The van der Waals surface area contributed by atoms with Gasteiger partial charge in [-0.3, -0.25) is 20.2 Å². The molecule has 13 heteroatoms. The smallest absolute Gasteiger partial charge is 0.423 e. The number of nitro benzene ring substituents is 2. The van der Waals surface area contributed by atoms with Crippen molar-refractivity contribution < 1.29 is 27.8 Å². The number of sulfonamides is 1. The highest BCUT2D eigenvalue weighted by Crippen LogP contribution is 2.42. The Hall–Kier alpha value is -2.96. The van der Waals surface area contributed by atoms with Gasteiger partial charge in [0.2, 0.25) is 0 Å². The van der Waals surface area contributed by atoms with Gasteiger partial charge in [0.1, 0.15) is 4.90 Å². The van der Waals surface area contributed by atoms with Crippen molar-refractivity contribution in [1.29, 1.82) is 0 Å². The number of rotatable bonds is 8. The van der Waals surface area contributed by atoms with Crippen LogP contribution in [0.1, 0.15) is 34.1 Å². The minimum atomic E-state index is -4.62. The average molecular weight is 432 g/mol. The molecule has 1 amide bonds. The fourth-order valence-corrected chi connectivity index (χ4v) is 3.95. The lowest BCUT2D eigenvalue weighted by atomic mass is 10.1. The minimum Gasteiger partial charge on any atom is -0.452 e. The van der Waals surface area contributed by atoms with E-state index in [1.54, 1.807) is 20.8 Å². The average Bonchev–Trinajstić information content (AvgIpc) is 2.65. The van der Waals surface area contributed by atoms with E-state index in [-0.39, 0.29) is 22.1 Å². The highest BCUT2D eigenvalue weighted by atomic mass is 32.2. The predicted molar refractivity (Wildman–Crippen MR) is 104 cm³/mol. The second-order valence-electron chi connectivity index (χ2n) is 6.53. The van der Waals surface area contributed by atoms with E-state index in [0.717, 1.165) is 26.3 Å². The van der Waals surface area contributed by atoms with Gasteiger partial charge < -0.3 is 9.64 Å². The number of amides is 1. The molecular weight excluding hydrogens is 408 g/mol. The Bertz CT molecular complexity index is 880. The molecule has 0 N–H and O–H groups in total. The van der Waals surface area contributed by atoms with Crippen molar-refractivity contribution >= 4 is 33.2 Å². The molecule has 0 aliphatic rings. The standard InChI is InChI=1S/C16H24N4O8S/c1-7-11(4)18(10(2)3)15-13(19(22)23)8-12(9-14(15)20(24)25)29(26,27)17(5)16(21)28-6/h8-11H,7H2,1-6H3. The van der Waals surface area contributed by atoms with Crippen LogP contribution in [-0.4, -0.2) is 54.9 Å². The van der Waals surface area contributed by atoms with Crippen LogP contribution in [0.15, 0.2) is 17.0 Å². The zero-order chi connectivity index (χ0) is 22.7. The molecule has 0 fully saturated rings. The Morgan fingerprint density at radius 2 is 1.59 bits per heavy atom. The molecule has 0 aliphatic carbocycles. The SMILES string of the molecule is CCC(C)N(c1c([N+](=O)[O-])cc(S(=O)(=O)N(C)C(=O)OC)cc1[N+](=O)[O-])C(C)C. The third kappa shape index (κ3) is 4.72. The maximum Gasteiger partial charge on any atom is 0.423 e. The maximum atomic E-state index is 12.7. The van der Waals surface area contributed by atoms with Crippen LogP contribution < -0.4 is 4.90 Å². The molecule has 0 saturated carbocycles. The van der Waals surface area contributed by atoms with Gasteiger partial charge >= 0.3 is 17.5 Å². The molecular formula is C16H24N4O8S. The topological polar surface area (TPSA) is 153 Å². The first-order chi connectivity index (χ1) is 13.3. The summed E-state index contributed by atoms with van der Waals surface area (Å²) in [4.78, 5) is 34.1. The number of carbonyl (C=O) groups excluding carboxylic acids is 1. The zero-order valence-corrected chi connectivity index (χ0v) is 17.8.